The van der Waals surface area contributed by atoms with Crippen LogP contribution in [0.3, 0.4) is 0 Å². The van der Waals surface area contributed by atoms with Crippen LogP contribution in [-0.2, 0) is 0 Å². The quantitative estimate of drug-likeness (QED) is 0.517. The van der Waals surface area contributed by atoms with E-state index in [-0.39, 0.29) is 0 Å². The highest BCUT2D eigenvalue weighted by Crippen LogP contribution is 1.50. The molecule has 0 aliphatic heterocycles. The summed E-state index contributed by atoms with van der Waals surface area (Å²) in [6, 6.07) is 0. The molecular formula is C2H8I2N2. The minimum absolute atomic E-state index is 1.86. The molecule has 0 aromatic carbocycles. The van der Waals surface area contributed by atoms with E-state index in [0.717, 1.165) is 0 Å². The van der Waals surface area contributed by atoms with Crippen LogP contribution in [0.15, 0.2) is 0 Å². The molecule has 2 N–H and O–H groups in total. The summed E-state index contributed by atoms with van der Waals surface area (Å²) in [6.45, 7) is 0. The van der Waals surface area contributed by atoms with E-state index >= 15 is 0 Å². The Bertz CT molecular complexity index is 11.5. The minimum atomic E-state index is 1.86. The second-order valence-corrected chi connectivity index (χ2v) is 2.54. The van der Waals surface area contributed by atoms with Gasteiger partial charge in [-0.05, 0) is 14.1 Å². The summed E-state index contributed by atoms with van der Waals surface area (Å²) in [5, 5.41) is 0. The average Bonchev–Trinajstić information content (AvgIpc) is 1.39. The number of hydrogen-bond donors (Lipinski definition) is 2. The van der Waals surface area contributed by atoms with Crippen LogP contribution in [0.2, 0.25) is 0 Å². The summed E-state index contributed by atoms with van der Waals surface area (Å²) in [5.41, 5.74) is 0. The molecule has 0 saturated heterocycles. The van der Waals surface area contributed by atoms with Gasteiger partial charge in [0.05, 0.1) is 0 Å². The predicted octanol–water partition coefficient (Wildman–Crippen LogP) is 1.11. The molecule has 0 unspecified atom stereocenters. The fraction of sp³-hybridized carbons (Fsp3) is 1.00. The Morgan fingerprint density at radius 1 is 1.00 bits per heavy atom. The van der Waals surface area contributed by atoms with E-state index < -0.39 is 0 Å². The van der Waals surface area contributed by atoms with Gasteiger partial charge in [0.25, 0.3) is 0 Å². The third kappa shape index (κ3) is 54.2. The monoisotopic (exact) mass is 314 g/mol. The highest BCUT2D eigenvalue weighted by molar-refractivity contribution is 14.1. The summed E-state index contributed by atoms with van der Waals surface area (Å²) in [4.78, 5) is 0. The zero-order valence-electron chi connectivity index (χ0n) is 3.76. The molecule has 0 aromatic rings. The van der Waals surface area contributed by atoms with Crippen LogP contribution in [0.4, 0.5) is 0 Å². The first-order chi connectivity index (χ1) is 2.83. The maximum Gasteiger partial charge on any atom is 0.0166 e. The molecule has 0 heterocycles. The molecule has 0 rings (SSSR count). The minimum Gasteiger partial charge on any atom is -0.264 e. The number of rotatable bonds is 0. The molecule has 0 saturated carbocycles. The lowest BCUT2D eigenvalue weighted by atomic mass is 11.6. The Hall–Kier alpha value is 1.38. The maximum absolute atomic E-state index is 2.72. The Morgan fingerprint density at radius 3 is 1.00 bits per heavy atom. The van der Waals surface area contributed by atoms with Gasteiger partial charge in [-0.2, -0.15) is 0 Å². The molecule has 2 nitrogen and oxygen atoms in total. The third-order valence-electron chi connectivity index (χ3n) is 0. The number of halogens is 2. The van der Waals surface area contributed by atoms with Crippen LogP contribution in [-0.4, -0.2) is 14.1 Å². The largest absolute Gasteiger partial charge is 0.264 e. The van der Waals surface area contributed by atoms with E-state index in [0.29, 0.717) is 0 Å². The molecule has 0 bridgehead atoms. The normalized spacial score (nSPS) is 6.00. The van der Waals surface area contributed by atoms with Crippen LogP contribution in [0, 0.1) is 0 Å². The molecule has 4 heteroatoms. The van der Waals surface area contributed by atoms with Gasteiger partial charge < -0.3 is 0 Å². The van der Waals surface area contributed by atoms with Crippen molar-refractivity contribution in [2.75, 3.05) is 14.1 Å². The summed E-state index contributed by atoms with van der Waals surface area (Å²) >= 11 is 4.08. The molecule has 0 spiro atoms. The zero-order chi connectivity index (χ0) is 5.41. The summed E-state index contributed by atoms with van der Waals surface area (Å²) < 4.78 is 5.44. The van der Waals surface area contributed by atoms with E-state index in [9.17, 15) is 0 Å². The van der Waals surface area contributed by atoms with Crippen molar-refractivity contribution >= 4 is 45.7 Å². The first-order valence-corrected chi connectivity index (χ1v) is 3.54. The highest BCUT2D eigenvalue weighted by atomic mass is 127. The van der Waals surface area contributed by atoms with Crippen LogP contribution in [0.25, 0.3) is 0 Å². The van der Waals surface area contributed by atoms with Crippen molar-refractivity contribution in [3.05, 3.63) is 0 Å². The van der Waals surface area contributed by atoms with Gasteiger partial charge in [0.1, 0.15) is 0 Å². The van der Waals surface area contributed by atoms with E-state index in [1.807, 2.05) is 59.8 Å². The molecule has 0 aliphatic carbocycles. The molecule has 0 fully saturated rings. The highest BCUT2D eigenvalue weighted by Gasteiger charge is 1.29. The van der Waals surface area contributed by atoms with E-state index in [2.05, 4.69) is 7.06 Å². The van der Waals surface area contributed by atoms with E-state index in [4.69, 9.17) is 0 Å². The fourth-order valence-electron chi connectivity index (χ4n) is 0. The molecule has 0 atom stereocenters. The van der Waals surface area contributed by atoms with Gasteiger partial charge in [-0.25, -0.2) is 0 Å². The van der Waals surface area contributed by atoms with E-state index in [1.165, 1.54) is 0 Å². The van der Waals surface area contributed by atoms with Gasteiger partial charge in [0.15, 0.2) is 0 Å². The summed E-state index contributed by atoms with van der Waals surface area (Å²) in [5.74, 6) is 0. The van der Waals surface area contributed by atoms with Crippen molar-refractivity contribution in [3.63, 3.8) is 0 Å². The number of nitrogens with one attached hydrogen (secondary N) is 2. The van der Waals surface area contributed by atoms with Crippen LogP contribution in [0.5, 0.6) is 0 Å². The maximum atomic E-state index is 2.72. The zero-order valence-corrected chi connectivity index (χ0v) is 8.07. The topological polar surface area (TPSA) is 24.1 Å². The van der Waals surface area contributed by atoms with Crippen LogP contribution >= 0.6 is 45.7 Å². The molecule has 0 amide bonds. The van der Waals surface area contributed by atoms with Crippen molar-refractivity contribution in [2.24, 2.45) is 0 Å². The first kappa shape index (κ1) is 10.4. The Balaban J connectivity index is 0. The SMILES string of the molecule is CNI.CNI. The third-order valence-corrected chi connectivity index (χ3v) is 0. The van der Waals surface area contributed by atoms with Crippen molar-refractivity contribution in [2.45, 2.75) is 0 Å². The standard InChI is InChI=1S/2CH4IN/c2*1-3-2/h2*3H,1H3. The fourth-order valence-corrected chi connectivity index (χ4v) is 0. The average molecular weight is 314 g/mol. The Labute approximate surface area is 66.4 Å². The van der Waals surface area contributed by atoms with Gasteiger partial charge in [-0.3, -0.25) is 7.06 Å². The van der Waals surface area contributed by atoms with Gasteiger partial charge in [0, 0.05) is 45.7 Å². The molecule has 0 aromatic heterocycles. The number of hydrogen-bond acceptors (Lipinski definition) is 2. The van der Waals surface area contributed by atoms with Crippen molar-refractivity contribution < 1.29 is 0 Å². The van der Waals surface area contributed by atoms with Crippen molar-refractivity contribution in [1.82, 2.24) is 7.06 Å². The van der Waals surface area contributed by atoms with Crippen molar-refractivity contribution in [3.8, 4) is 0 Å². The summed E-state index contributed by atoms with van der Waals surface area (Å²) in [6.07, 6.45) is 0. The Morgan fingerprint density at radius 2 is 1.00 bits per heavy atom. The first-order valence-electron chi connectivity index (χ1n) is 1.38. The molecule has 0 aliphatic rings. The molecular weight excluding hydrogens is 306 g/mol. The second-order valence-electron chi connectivity index (χ2n) is 0.378. The van der Waals surface area contributed by atoms with Gasteiger partial charge in [-0.15, -0.1) is 0 Å². The summed E-state index contributed by atoms with van der Waals surface area (Å²) in [7, 11) is 3.72. The van der Waals surface area contributed by atoms with Gasteiger partial charge in [0.2, 0.25) is 0 Å². The predicted molar refractivity (Wildman–Crippen MR) is 46.2 cm³/mol. The second kappa shape index (κ2) is 16.2. The lowest BCUT2D eigenvalue weighted by molar-refractivity contribution is 1.37. The smallest absolute Gasteiger partial charge is 0.0166 e. The molecule has 0 radical (unpaired) electrons. The molecule has 40 valence electrons. The van der Waals surface area contributed by atoms with Crippen LogP contribution in [0.1, 0.15) is 0 Å². The lowest BCUT2D eigenvalue weighted by Crippen LogP contribution is -1.74. The van der Waals surface area contributed by atoms with Crippen molar-refractivity contribution in [1.29, 1.82) is 0 Å². The van der Waals surface area contributed by atoms with E-state index in [1.54, 1.807) is 0 Å². The van der Waals surface area contributed by atoms with Gasteiger partial charge in [-0.1, -0.05) is 0 Å². The van der Waals surface area contributed by atoms with Crippen LogP contribution < -0.4 is 7.06 Å². The lowest BCUT2D eigenvalue weighted by Gasteiger charge is -1.55. The Kier molecular flexibility index (Phi) is 28.0. The molecule has 6 heavy (non-hydrogen) atoms. The van der Waals surface area contributed by atoms with Gasteiger partial charge >= 0.3 is 0 Å².